The van der Waals surface area contributed by atoms with Crippen molar-refractivity contribution in [2.24, 2.45) is 0 Å². The van der Waals surface area contributed by atoms with Gasteiger partial charge in [-0.15, -0.1) is 0 Å². The van der Waals surface area contributed by atoms with Crippen LogP contribution in [-0.4, -0.2) is 57.4 Å². The molecule has 1 aliphatic rings. The van der Waals surface area contributed by atoms with Gasteiger partial charge in [0.25, 0.3) is 0 Å². The second kappa shape index (κ2) is 7.38. The molecule has 2 rings (SSSR count). The van der Waals surface area contributed by atoms with E-state index in [0.717, 1.165) is 10.6 Å². The van der Waals surface area contributed by atoms with Crippen molar-refractivity contribution in [1.82, 2.24) is 9.62 Å². The standard InChI is InChI=1S/C14H19ClN2O5S2/c1-23(19,20)17(12-6-7-24(21,22)10-12)9-14(18)16-8-11-4-2-3-5-13(11)15/h2-5,12H,6-10H2,1H3,(H,16,18). The first-order chi connectivity index (χ1) is 11.1. The maximum Gasteiger partial charge on any atom is 0.235 e. The lowest BCUT2D eigenvalue weighted by atomic mass is 10.2. The number of sulfonamides is 1. The molecule has 0 spiro atoms. The van der Waals surface area contributed by atoms with Crippen LogP contribution in [0.3, 0.4) is 0 Å². The Hall–Kier alpha value is -1.16. The molecule has 1 atom stereocenters. The second-order valence-corrected chi connectivity index (χ2v) is 10.3. The number of hydrogen-bond donors (Lipinski definition) is 1. The summed E-state index contributed by atoms with van der Waals surface area (Å²) in [6.07, 6.45) is 1.17. The Morgan fingerprint density at radius 1 is 1.38 bits per heavy atom. The molecule has 134 valence electrons. The zero-order valence-electron chi connectivity index (χ0n) is 13.1. The monoisotopic (exact) mass is 394 g/mol. The molecule has 1 N–H and O–H groups in total. The molecule has 10 heteroatoms. The summed E-state index contributed by atoms with van der Waals surface area (Å²) in [6, 6.07) is 6.28. The molecule has 0 saturated carbocycles. The van der Waals surface area contributed by atoms with Crippen LogP contribution in [0.25, 0.3) is 0 Å². The molecule has 1 aliphatic heterocycles. The highest BCUT2D eigenvalue weighted by molar-refractivity contribution is 7.92. The Morgan fingerprint density at radius 3 is 2.58 bits per heavy atom. The SMILES string of the molecule is CS(=O)(=O)N(CC(=O)NCc1ccccc1Cl)C1CCS(=O)(=O)C1. The Kier molecular flexibility index (Phi) is 5.90. The maximum atomic E-state index is 12.1. The number of amides is 1. The van der Waals surface area contributed by atoms with E-state index in [1.54, 1.807) is 24.3 Å². The minimum absolute atomic E-state index is 0.0646. The van der Waals surface area contributed by atoms with Crippen molar-refractivity contribution >= 4 is 37.4 Å². The summed E-state index contributed by atoms with van der Waals surface area (Å²) in [5, 5.41) is 3.11. The first-order valence-electron chi connectivity index (χ1n) is 7.26. The maximum absolute atomic E-state index is 12.1. The lowest BCUT2D eigenvalue weighted by Crippen LogP contribution is -2.46. The Labute approximate surface area is 147 Å². The molecule has 1 unspecified atom stereocenters. The average Bonchev–Trinajstić information content (AvgIpc) is 2.82. The number of sulfone groups is 1. The minimum atomic E-state index is -3.70. The van der Waals surface area contributed by atoms with Gasteiger partial charge in [0.1, 0.15) is 0 Å². The molecule has 0 aliphatic carbocycles. The van der Waals surface area contributed by atoms with E-state index in [-0.39, 0.29) is 24.5 Å². The molecule has 0 radical (unpaired) electrons. The van der Waals surface area contributed by atoms with E-state index >= 15 is 0 Å². The summed E-state index contributed by atoms with van der Waals surface area (Å²) in [5.41, 5.74) is 0.710. The fraction of sp³-hybridized carbons (Fsp3) is 0.500. The van der Waals surface area contributed by atoms with Crippen molar-refractivity contribution in [2.75, 3.05) is 24.3 Å². The van der Waals surface area contributed by atoms with Crippen LogP contribution in [-0.2, 0) is 31.2 Å². The smallest absolute Gasteiger partial charge is 0.235 e. The number of rotatable bonds is 6. The molecule has 1 amide bonds. The lowest BCUT2D eigenvalue weighted by molar-refractivity contribution is -0.121. The van der Waals surface area contributed by atoms with E-state index in [2.05, 4.69) is 5.32 Å². The van der Waals surface area contributed by atoms with Crippen LogP contribution in [0, 0.1) is 0 Å². The van der Waals surface area contributed by atoms with E-state index in [4.69, 9.17) is 11.6 Å². The van der Waals surface area contributed by atoms with Crippen molar-refractivity contribution in [3.8, 4) is 0 Å². The van der Waals surface area contributed by atoms with E-state index in [9.17, 15) is 21.6 Å². The van der Waals surface area contributed by atoms with Crippen LogP contribution < -0.4 is 5.32 Å². The van der Waals surface area contributed by atoms with Gasteiger partial charge in [-0.05, 0) is 18.1 Å². The van der Waals surface area contributed by atoms with E-state index < -0.39 is 38.4 Å². The molecule has 0 bridgehead atoms. The van der Waals surface area contributed by atoms with Gasteiger partial charge in [-0.3, -0.25) is 4.79 Å². The van der Waals surface area contributed by atoms with Gasteiger partial charge >= 0.3 is 0 Å². The van der Waals surface area contributed by atoms with Crippen LogP contribution in [0.1, 0.15) is 12.0 Å². The molecule has 0 aromatic heterocycles. The van der Waals surface area contributed by atoms with Crippen molar-refractivity contribution < 1.29 is 21.6 Å². The number of nitrogens with zero attached hydrogens (tertiary/aromatic N) is 1. The van der Waals surface area contributed by atoms with Crippen LogP contribution >= 0.6 is 11.6 Å². The highest BCUT2D eigenvalue weighted by Gasteiger charge is 2.37. The fourth-order valence-electron chi connectivity index (χ4n) is 2.55. The molecule has 7 nitrogen and oxygen atoms in total. The van der Waals surface area contributed by atoms with Crippen molar-refractivity contribution in [1.29, 1.82) is 0 Å². The largest absolute Gasteiger partial charge is 0.351 e. The number of hydrogen-bond acceptors (Lipinski definition) is 5. The number of halogens is 1. The summed E-state index contributed by atoms with van der Waals surface area (Å²) in [7, 11) is -6.96. The third-order valence-electron chi connectivity index (χ3n) is 3.77. The Bertz CT molecular complexity index is 823. The molecule has 1 fully saturated rings. The van der Waals surface area contributed by atoms with Crippen LogP contribution in [0.2, 0.25) is 5.02 Å². The van der Waals surface area contributed by atoms with Gasteiger partial charge in [-0.25, -0.2) is 16.8 Å². The predicted molar refractivity (Wildman–Crippen MR) is 91.9 cm³/mol. The third kappa shape index (κ3) is 5.17. The first-order valence-corrected chi connectivity index (χ1v) is 11.3. The molecule has 1 aromatic rings. The Morgan fingerprint density at radius 2 is 2.04 bits per heavy atom. The van der Waals surface area contributed by atoms with E-state index in [1.807, 2.05) is 0 Å². The van der Waals surface area contributed by atoms with E-state index in [0.29, 0.717) is 10.6 Å². The zero-order valence-corrected chi connectivity index (χ0v) is 15.5. The van der Waals surface area contributed by atoms with Gasteiger partial charge in [0, 0.05) is 17.6 Å². The van der Waals surface area contributed by atoms with Gasteiger partial charge in [0.05, 0.1) is 24.3 Å². The summed E-state index contributed by atoms with van der Waals surface area (Å²) in [6.45, 7) is -0.247. The second-order valence-electron chi connectivity index (χ2n) is 5.73. The summed E-state index contributed by atoms with van der Waals surface area (Å²) >= 11 is 6.00. The summed E-state index contributed by atoms with van der Waals surface area (Å²) in [5.74, 6) is -0.826. The quantitative estimate of drug-likeness (QED) is 0.752. The van der Waals surface area contributed by atoms with Crippen LogP contribution in [0.5, 0.6) is 0 Å². The molecular weight excluding hydrogens is 376 g/mol. The van der Waals surface area contributed by atoms with Gasteiger partial charge in [-0.2, -0.15) is 4.31 Å². The van der Waals surface area contributed by atoms with Crippen LogP contribution in [0.4, 0.5) is 0 Å². The number of nitrogens with one attached hydrogen (secondary N) is 1. The minimum Gasteiger partial charge on any atom is -0.351 e. The zero-order chi connectivity index (χ0) is 18.0. The number of carbonyl (C=O) groups excluding carboxylic acids is 1. The average molecular weight is 395 g/mol. The van der Waals surface area contributed by atoms with Crippen molar-refractivity contribution in [3.05, 3.63) is 34.9 Å². The molecular formula is C14H19ClN2O5S2. The topological polar surface area (TPSA) is 101 Å². The van der Waals surface area contributed by atoms with Gasteiger partial charge in [0.2, 0.25) is 15.9 Å². The van der Waals surface area contributed by atoms with E-state index in [1.165, 1.54) is 0 Å². The molecule has 1 aromatic carbocycles. The van der Waals surface area contributed by atoms with Crippen LogP contribution in [0.15, 0.2) is 24.3 Å². The van der Waals surface area contributed by atoms with Gasteiger partial charge in [-0.1, -0.05) is 29.8 Å². The highest BCUT2D eigenvalue weighted by Crippen LogP contribution is 2.20. The van der Waals surface area contributed by atoms with Gasteiger partial charge in [0.15, 0.2) is 9.84 Å². The highest BCUT2D eigenvalue weighted by atomic mass is 35.5. The fourth-order valence-corrected chi connectivity index (χ4v) is 5.65. The molecule has 1 saturated heterocycles. The number of carbonyl (C=O) groups is 1. The predicted octanol–water partition coefficient (Wildman–Crippen LogP) is 0.405. The summed E-state index contributed by atoms with van der Waals surface area (Å²) < 4.78 is 47.9. The third-order valence-corrected chi connectivity index (χ3v) is 7.17. The number of benzene rings is 1. The lowest BCUT2D eigenvalue weighted by Gasteiger charge is -2.25. The summed E-state index contributed by atoms with van der Waals surface area (Å²) in [4.78, 5) is 12.1. The van der Waals surface area contributed by atoms with Gasteiger partial charge < -0.3 is 5.32 Å². The Balaban J connectivity index is 2.02. The first kappa shape index (κ1) is 19.2. The molecule has 24 heavy (non-hydrogen) atoms. The van der Waals surface area contributed by atoms with Crippen molar-refractivity contribution in [2.45, 2.75) is 19.0 Å². The molecule has 1 heterocycles. The van der Waals surface area contributed by atoms with Crippen molar-refractivity contribution in [3.63, 3.8) is 0 Å². The normalized spacial score (nSPS) is 20.2.